The van der Waals surface area contributed by atoms with Crippen molar-refractivity contribution in [3.8, 4) is 0 Å². The van der Waals surface area contributed by atoms with Gasteiger partial charge in [0.1, 0.15) is 11.6 Å². The van der Waals surface area contributed by atoms with Crippen molar-refractivity contribution in [2.75, 3.05) is 0 Å². The number of thiophene rings is 1. The Morgan fingerprint density at radius 1 is 1.05 bits per heavy atom. The van der Waals surface area contributed by atoms with Crippen LogP contribution >= 0.6 is 27.3 Å². The molecule has 4 aliphatic rings. The molecule has 4 fully saturated rings. The first-order valence-corrected chi connectivity index (χ1v) is 16.1. The summed E-state index contributed by atoms with van der Waals surface area (Å²) in [7, 11) is 0. The van der Waals surface area contributed by atoms with Gasteiger partial charge in [0.25, 0.3) is 0 Å². The summed E-state index contributed by atoms with van der Waals surface area (Å²) in [6, 6.07) is 4.20. The summed E-state index contributed by atoms with van der Waals surface area (Å²) in [4.78, 5) is 40.3. The van der Waals surface area contributed by atoms with Crippen LogP contribution in [0.15, 0.2) is 15.9 Å². The van der Waals surface area contributed by atoms with Crippen molar-refractivity contribution in [1.82, 2.24) is 5.32 Å². The van der Waals surface area contributed by atoms with Gasteiger partial charge in [0, 0.05) is 36.5 Å². The van der Waals surface area contributed by atoms with Gasteiger partial charge in [0.2, 0.25) is 5.91 Å². The zero-order valence-electron chi connectivity index (χ0n) is 23.1. The monoisotopic (exact) mass is 589 g/mol. The zero-order valence-corrected chi connectivity index (χ0v) is 25.6. The fourth-order valence-corrected chi connectivity index (χ4v) is 11.1. The minimum absolute atomic E-state index is 0.0364. The normalized spacial score (nSPS) is 39.1. The van der Waals surface area contributed by atoms with Crippen LogP contribution in [-0.4, -0.2) is 17.5 Å². The standard InChI is InChI=1S/C31H44BrNO3S/c1-17(2)29(25-8-9-26(32)37-25)33-27(36)14-18(3)21-6-7-22-28-23(11-13-31(21,22)5)30(4)12-10-20(34)15-19(30)16-24(28)35/h8-9,17-19,21-23,28-29H,6-7,10-16H2,1-5H3,(H,33,36)/t18-,19+,21?,22+,23+,28+,29+,30+,31-/m1/s1. The Balaban J connectivity index is 1.28. The topological polar surface area (TPSA) is 63.2 Å². The molecule has 6 heteroatoms. The van der Waals surface area contributed by atoms with Gasteiger partial charge in [-0.3, -0.25) is 14.4 Å². The molecule has 0 aliphatic heterocycles. The van der Waals surface area contributed by atoms with E-state index in [-0.39, 0.29) is 34.6 Å². The maximum absolute atomic E-state index is 13.6. The first-order chi connectivity index (χ1) is 17.4. The number of hydrogen-bond acceptors (Lipinski definition) is 4. The third-order valence-corrected chi connectivity index (χ3v) is 13.1. The molecule has 1 amide bonds. The van der Waals surface area contributed by atoms with E-state index in [1.165, 1.54) is 4.88 Å². The second-order valence-electron chi connectivity index (χ2n) is 13.7. The Labute approximate surface area is 235 Å². The van der Waals surface area contributed by atoms with E-state index in [1.807, 2.05) is 0 Å². The summed E-state index contributed by atoms with van der Waals surface area (Å²) in [6.07, 6.45) is 7.91. The smallest absolute Gasteiger partial charge is 0.220 e. The Hall–Kier alpha value is -1.01. The molecule has 9 atom stereocenters. The lowest BCUT2D eigenvalue weighted by Crippen LogP contribution is -2.57. The number of amides is 1. The van der Waals surface area contributed by atoms with E-state index in [2.05, 4.69) is 68.0 Å². The molecule has 1 aromatic heterocycles. The molecule has 0 spiro atoms. The summed E-state index contributed by atoms with van der Waals surface area (Å²) in [6.45, 7) is 11.4. The van der Waals surface area contributed by atoms with E-state index in [0.717, 1.165) is 35.9 Å². The predicted molar refractivity (Wildman–Crippen MR) is 152 cm³/mol. The first kappa shape index (κ1) is 27.6. The lowest BCUT2D eigenvalue weighted by molar-refractivity contribution is -0.159. The van der Waals surface area contributed by atoms with Gasteiger partial charge >= 0.3 is 0 Å². The summed E-state index contributed by atoms with van der Waals surface area (Å²) in [5.41, 5.74) is 0.264. The van der Waals surface area contributed by atoms with Crippen molar-refractivity contribution in [3.05, 3.63) is 20.8 Å². The molecule has 5 rings (SSSR count). The average Bonchev–Trinajstić information content (AvgIpc) is 3.41. The van der Waals surface area contributed by atoms with E-state index >= 15 is 0 Å². The van der Waals surface area contributed by atoms with E-state index in [4.69, 9.17) is 0 Å². The molecule has 1 aromatic rings. The fraction of sp³-hybridized carbons (Fsp3) is 0.774. The summed E-state index contributed by atoms with van der Waals surface area (Å²) in [5, 5.41) is 3.35. The molecule has 204 valence electrons. The van der Waals surface area contributed by atoms with E-state index < -0.39 is 0 Å². The van der Waals surface area contributed by atoms with Crippen LogP contribution in [0, 0.1) is 52.3 Å². The number of carbonyl (C=O) groups is 3. The maximum atomic E-state index is 13.6. The number of rotatable bonds is 6. The summed E-state index contributed by atoms with van der Waals surface area (Å²) < 4.78 is 1.09. The van der Waals surface area contributed by atoms with Gasteiger partial charge in [-0.15, -0.1) is 11.3 Å². The molecule has 0 saturated heterocycles. The highest BCUT2D eigenvalue weighted by molar-refractivity contribution is 9.11. The molecule has 1 heterocycles. The predicted octanol–water partition coefficient (Wildman–Crippen LogP) is 7.76. The van der Waals surface area contributed by atoms with E-state index in [0.29, 0.717) is 66.8 Å². The van der Waals surface area contributed by atoms with Crippen LogP contribution < -0.4 is 5.32 Å². The second kappa shape index (κ2) is 10.2. The molecule has 0 bridgehead atoms. The molecular weight excluding hydrogens is 546 g/mol. The highest BCUT2D eigenvalue weighted by Gasteiger charge is 2.63. The second-order valence-corrected chi connectivity index (χ2v) is 16.2. The number of carbonyl (C=O) groups excluding carboxylic acids is 3. The van der Waals surface area contributed by atoms with Crippen molar-refractivity contribution in [1.29, 1.82) is 0 Å². The summed E-state index contributed by atoms with van der Waals surface area (Å²) in [5.74, 6) is 3.30. The van der Waals surface area contributed by atoms with Gasteiger partial charge in [0.05, 0.1) is 9.83 Å². The lowest BCUT2D eigenvalue weighted by atomic mass is 9.44. The number of Topliss-reactive ketones (excluding diaryl/α,β-unsaturated/α-hetero) is 2. The largest absolute Gasteiger partial charge is 0.348 e. The van der Waals surface area contributed by atoms with Crippen LogP contribution in [0.1, 0.15) is 103 Å². The number of hydrogen-bond donors (Lipinski definition) is 1. The number of ketones is 2. The van der Waals surface area contributed by atoms with Crippen molar-refractivity contribution in [2.24, 2.45) is 52.3 Å². The number of halogens is 1. The Morgan fingerprint density at radius 2 is 1.78 bits per heavy atom. The molecule has 0 aromatic carbocycles. The Bertz CT molecular complexity index is 1070. The average molecular weight is 591 g/mol. The van der Waals surface area contributed by atoms with Crippen molar-refractivity contribution >= 4 is 44.7 Å². The highest BCUT2D eigenvalue weighted by Crippen LogP contribution is 2.67. The van der Waals surface area contributed by atoms with Crippen molar-refractivity contribution in [2.45, 2.75) is 98.4 Å². The van der Waals surface area contributed by atoms with Crippen LogP contribution in [-0.2, 0) is 14.4 Å². The van der Waals surface area contributed by atoms with E-state index in [9.17, 15) is 14.4 Å². The van der Waals surface area contributed by atoms with Gasteiger partial charge in [-0.2, -0.15) is 0 Å². The van der Waals surface area contributed by atoms with Crippen LogP contribution in [0.3, 0.4) is 0 Å². The first-order valence-electron chi connectivity index (χ1n) is 14.5. The van der Waals surface area contributed by atoms with Crippen molar-refractivity contribution in [3.63, 3.8) is 0 Å². The van der Waals surface area contributed by atoms with Gasteiger partial charge in [-0.1, -0.05) is 34.6 Å². The van der Waals surface area contributed by atoms with E-state index in [1.54, 1.807) is 11.3 Å². The van der Waals surface area contributed by atoms with Crippen molar-refractivity contribution < 1.29 is 14.4 Å². The maximum Gasteiger partial charge on any atom is 0.220 e. The molecule has 4 saturated carbocycles. The lowest BCUT2D eigenvalue weighted by Gasteiger charge is -2.59. The Kier molecular flexibility index (Phi) is 7.59. The van der Waals surface area contributed by atoms with Crippen LogP contribution in [0.4, 0.5) is 0 Å². The quantitative estimate of drug-likeness (QED) is 0.368. The molecule has 4 aliphatic carbocycles. The van der Waals surface area contributed by atoms with Crippen LogP contribution in [0.2, 0.25) is 0 Å². The molecule has 1 N–H and O–H groups in total. The highest BCUT2D eigenvalue weighted by atomic mass is 79.9. The third kappa shape index (κ3) is 4.81. The minimum atomic E-state index is 0.0364. The zero-order chi connectivity index (χ0) is 26.7. The summed E-state index contributed by atoms with van der Waals surface area (Å²) >= 11 is 5.25. The number of nitrogens with one attached hydrogen (secondary N) is 1. The number of fused-ring (bicyclic) bond motifs is 5. The van der Waals surface area contributed by atoms with Gasteiger partial charge in [-0.25, -0.2) is 0 Å². The van der Waals surface area contributed by atoms with Gasteiger partial charge < -0.3 is 5.32 Å². The molecule has 0 radical (unpaired) electrons. The Morgan fingerprint density at radius 3 is 2.46 bits per heavy atom. The molecule has 1 unspecified atom stereocenters. The molecule has 4 nitrogen and oxygen atoms in total. The van der Waals surface area contributed by atoms with Gasteiger partial charge in [-0.05, 0) is 107 Å². The van der Waals surface area contributed by atoms with Gasteiger partial charge in [0.15, 0.2) is 0 Å². The minimum Gasteiger partial charge on any atom is -0.348 e. The molecule has 37 heavy (non-hydrogen) atoms. The SMILES string of the molecule is CC(C)[C@H](NC(=O)C[C@@H](C)C1CC[C@H]2[C@@H]3C(=O)C[C@@H]4CC(=O)CC[C@]4(C)[C@H]3CC[C@]12C)c1ccc(Br)s1. The molecular formula is C31H44BrNO3S. The third-order valence-electron chi connectivity index (χ3n) is 11.4. The van der Waals surface area contributed by atoms with Crippen LogP contribution in [0.25, 0.3) is 0 Å². The fourth-order valence-electron chi connectivity index (χ4n) is 9.43. The van der Waals surface area contributed by atoms with Crippen LogP contribution in [0.5, 0.6) is 0 Å².